The highest BCUT2D eigenvalue weighted by Crippen LogP contribution is 2.30. The minimum atomic E-state index is -3.56. The lowest BCUT2D eigenvalue weighted by molar-refractivity contribution is 0.108. The van der Waals surface area contributed by atoms with Gasteiger partial charge in [0.1, 0.15) is 0 Å². The third kappa shape index (κ3) is 2.63. The summed E-state index contributed by atoms with van der Waals surface area (Å²) in [5, 5.41) is 9.52. The van der Waals surface area contributed by atoms with Crippen molar-refractivity contribution in [3.8, 4) is 0 Å². The SMILES string of the molecule is Cc1nc(Cl)sc1S(=O)(=O)N1CCCC(O)C1. The Labute approximate surface area is 109 Å². The van der Waals surface area contributed by atoms with Gasteiger partial charge in [-0.15, -0.1) is 0 Å². The number of β-amino-alcohol motifs (C(OH)–C–C–N with tert-alkyl or cyclic N) is 1. The van der Waals surface area contributed by atoms with Crippen molar-refractivity contribution in [1.29, 1.82) is 0 Å². The van der Waals surface area contributed by atoms with Crippen LogP contribution in [0.3, 0.4) is 0 Å². The van der Waals surface area contributed by atoms with Gasteiger partial charge in [0.15, 0.2) is 8.68 Å². The van der Waals surface area contributed by atoms with E-state index in [4.69, 9.17) is 11.6 Å². The van der Waals surface area contributed by atoms with Crippen LogP contribution in [0.2, 0.25) is 4.47 Å². The molecule has 1 N–H and O–H groups in total. The van der Waals surface area contributed by atoms with Gasteiger partial charge in [-0.25, -0.2) is 13.4 Å². The fourth-order valence-corrected chi connectivity index (χ4v) is 5.24. The smallest absolute Gasteiger partial charge is 0.254 e. The third-order valence-electron chi connectivity index (χ3n) is 2.66. The average molecular weight is 297 g/mol. The number of thiazole rings is 1. The molecule has 1 aliphatic rings. The molecule has 1 unspecified atom stereocenters. The zero-order chi connectivity index (χ0) is 12.6. The van der Waals surface area contributed by atoms with Crippen LogP contribution in [0.4, 0.5) is 0 Å². The zero-order valence-corrected chi connectivity index (χ0v) is 11.6. The summed E-state index contributed by atoms with van der Waals surface area (Å²) in [6.07, 6.45) is 0.739. The molecule has 17 heavy (non-hydrogen) atoms. The van der Waals surface area contributed by atoms with E-state index in [1.165, 1.54) is 4.31 Å². The van der Waals surface area contributed by atoms with Crippen molar-refractivity contribution in [3.63, 3.8) is 0 Å². The second-order valence-electron chi connectivity index (χ2n) is 4.00. The monoisotopic (exact) mass is 296 g/mol. The van der Waals surface area contributed by atoms with E-state index in [1.54, 1.807) is 6.92 Å². The fourth-order valence-electron chi connectivity index (χ4n) is 1.85. The van der Waals surface area contributed by atoms with Gasteiger partial charge < -0.3 is 5.11 Å². The maximum atomic E-state index is 12.3. The lowest BCUT2D eigenvalue weighted by Gasteiger charge is -2.28. The molecule has 0 saturated carbocycles. The average Bonchev–Trinajstić information content (AvgIpc) is 2.58. The second-order valence-corrected chi connectivity index (χ2v) is 7.71. The molecular formula is C9H13ClN2O3S2. The van der Waals surface area contributed by atoms with Crippen LogP contribution in [0, 0.1) is 6.92 Å². The predicted octanol–water partition coefficient (Wildman–Crippen LogP) is 1.25. The summed E-state index contributed by atoms with van der Waals surface area (Å²) in [4.78, 5) is 3.91. The minimum absolute atomic E-state index is 0.150. The van der Waals surface area contributed by atoms with Gasteiger partial charge in [0.05, 0.1) is 11.8 Å². The van der Waals surface area contributed by atoms with E-state index < -0.39 is 16.1 Å². The normalized spacial score (nSPS) is 22.9. The van der Waals surface area contributed by atoms with Gasteiger partial charge in [-0.1, -0.05) is 22.9 Å². The number of aliphatic hydroxyl groups is 1. The first-order chi connectivity index (χ1) is 7.91. The Hall–Kier alpha value is -0.210. The molecule has 0 radical (unpaired) electrons. The molecule has 1 aliphatic heterocycles. The zero-order valence-electron chi connectivity index (χ0n) is 9.26. The van der Waals surface area contributed by atoms with Gasteiger partial charge in [0, 0.05) is 13.1 Å². The molecule has 2 heterocycles. The molecule has 0 aromatic carbocycles. The molecule has 0 aliphatic carbocycles. The van der Waals surface area contributed by atoms with Crippen LogP contribution in [0.5, 0.6) is 0 Å². The van der Waals surface area contributed by atoms with E-state index in [9.17, 15) is 13.5 Å². The number of hydrogen-bond acceptors (Lipinski definition) is 5. The number of sulfonamides is 1. The molecule has 1 aromatic heterocycles. The number of aromatic nitrogens is 1. The maximum Gasteiger partial charge on any atom is 0.254 e. The largest absolute Gasteiger partial charge is 0.392 e. The molecule has 1 aromatic rings. The summed E-state index contributed by atoms with van der Waals surface area (Å²) >= 11 is 6.67. The predicted molar refractivity (Wildman–Crippen MR) is 65.9 cm³/mol. The van der Waals surface area contributed by atoms with E-state index in [0.29, 0.717) is 25.1 Å². The topological polar surface area (TPSA) is 70.5 Å². The summed E-state index contributed by atoms with van der Waals surface area (Å²) in [5.74, 6) is 0. The number of hydrogen-bond donors (Lipinski definition) is 1. The lowest BCUT2D eigenvalue weighted by Crippen LogP contribution is -2.42. The highest BCUT2D eigenvalue weighted by molar-refractivity contribution is 7.91. The third-order valence-corrected chi connectivity index (χ3v) is 6.38. The summed E-state index contributed by atoms with van der Waals surface area (Å²) in [7, 11) is -3.56. The molecule has 1 atom stereocenters. The van der Waals surface area contributed by atoms with Gasteiger partial charge in [-0.3, -0.25) is 0 Å². The second kappa shape index (κ2) is 4.81. The first-order valence-corrected chi connectivity index (χ1v) is 7.86. The highest BCUT2D eigenvalue weighted by Gasteiger charge is 2.32. The number of halogens is 1. The Kier molecular flexibility index (Phi) is 3.74. The van der Waals surface area contributed by atoms with Crippen molar-refractivity contribution in [1.82, 2.24) is 9.29 Å². The first kappa shape index (κ1) is 13.2. The molecule has 8 heteroatoms. The van der Waals surface area contributed by atoms with Crippen LogP contribution in [0.25, 0.3) is 0 Å². The Morgan fingerprint density at radius 1 is 1.59 bits per heavy atom. The molecule has 96 valence electrons. The maximum absolute atomic E-state index is 12.3. The fraction of sp³-hybridized carbons (Fsp3) is 0.667. The number of nitrogens with zero attached hydrogens (tertiary/aromatic N) is 2. The summed E-state index contributed by atoms with van der Waals surface area (Å²) in [6.45, 7) is 2.21. The molecule has 0 spiro atoms. The highest BCUT2D eigenvalue weighted by atomic mass is 35.5. The van der Waals surface area contributed by atoms with Crippen molar-refractivity contribution >= 4 is 33.0 Å². The van der Waals surface area contributed by atoms with E-state index >= 15 is 0 Å². The summed E-state index contributed by atoms with van der Waals surface area (Å²) in [6, 6.07) is 0. The van der Waals surface area contributed by atoms with Gasteiger partial charge in [-0.05, 0) is 19.8 Å². The minimum Gasteiger partial charge on any atom is -0.392 e. The quantitative estimate of drug-likeness (QED) is 0.892. The van der Waals surface area contributed by atoms with E-state index in [1.807, 2.05) is 0 Å². The Morgan fingerprint density at radius 2 is 2.29 bits per heavy atom. The van der Waals surface area contributed by atoms with Crippen LogP contribution >= 0.6 is 22.9 Å². The Bertz CT molecular complexity index is 514. The van der Waals surface area contributed by atoms with Crippen molar-refractivity contribution < 1.29 is 13.5 Å². The number of aryl methyl sites for hydroxylation is 1. The lowest BCUT2D eigenvalue weighted by atomic mass is 10.1. The summed E-state index contributed by atoms with van der Waals surface area (Å²) in [5.41, 5.74) is 0.417. The van der Waals surface area contributed by atoms with Gasteiger partial charge >= 0.3 is 0 Å². The first-order valence-electron chi connectivity index (χ1n) is 5.22. The molecule has 2 rings (SSSR count). The van der Waals surface area contributed by atoms with Crippen molar-refractivity contribution in [2.75, 3.05) is 13.1 Å². The van der Waals surface area contributed by atoms with Crippen LogP contribution in [0.1, 0.15) is 18.5 Å². The van der Waals surface area contributed by atoms with Gasteiger partial charge in [-0.2, -0.15) is 4.31 Å². The molecule has 0 amide bonds. The van der Waals surface area contributed by atoms with E-state index in [2.05, 4.69) is 4.98 Å². The van der Waals surface area contributed by atoms with Gasteiger partial charge in [0.2, 0.25) is 0 Å². The molecule has 1 saturated heterocycles. The van der Waals surface area contributed by atoms with Gasteiger partial charge in [0.25, 0.3) is 10.0 Å². The van der Waals surface area contributed by atoms with E-state index in [0.717, 1.165) is 11.3 Å². The van der Waals surface area contributed by atoms with Crippen LogP contribution in [0.15, 0.2) is 4.21 Å². The number of piperidine rings is 1. The van der Waals surface area contributed by atoms with Crippen molar-refractivity contribution in [3.05, 3.63) is 10.2 Å². The molecule has 5 nitrogen and oxygen atoms in total. The van der Waals surface area contributed by atoms with Crippen LogP contribution < -0.4 is 0 Å². The van der Waals surface area contributed by atoms with Crippen LogP contribution in [-0.2, 0) is 10.0 Å². The Balaban J connectivity index is 2.33. The number of rotatable bonds is 2. The van der Waals surface area contributed by atoms with Crippen molar-refractivity contribution in [2.45, 2.75) is 30.1 Å². The molecule has 1 fully saturated rings. The Morgan fingerprint density at radius 3 is 2.82 bits per heavy atom. The van der Waals surface area contributed by atoms with Crippen molar-refractivity contribution in [2.24, 2.45) is 0 Å². The molecular weight excluding hydrogens is 284 g/mol. The number of aliphatic hydroxyl groups excluding tert-OH is 1. The van der Waals surface area contributed by atoms with Crippen LogP contribution in [-0.4, -0.2) is 42.0 Å². The van der Waals surface area contributed by atoms with E-state index in [-0.39, 0.29) is 15.2 Å². The summed E-state index contributed by atoms with van der Waals surface area (Å²) < 4.78 is 26.3. The standard InChI is InChI=1S/C9H13ClN2O3S2/c1-6-8(16-9(10)11-6)17(14,15)12-4-2-3-7(13)5-12/h7,13H,2-5H2,1H3. The molecule has 0 bridgehead atoms.